The Bertz CT molecular complexity index is 2040. The summed E-state index contributed by atoms with van der Waals surface area (Å²) in [6.07, 6.45) is 2.48. The van der Waals surface area contributed by atoms with Crippen LogP contribution < -0.4 is 15.3 Å². The number of hydrogen-bond acceptors (Lipinski definition) is 7. The third-order valence-corrected chi connectivity index (χ3v) is 11.0. The molecule has 10 heteroatoms. The lowest BCUT2D eigenvalue weighted by Crippen LogP contribution is -2.49. The molecule has 3 fully saturated rings. The summed E-state index contributed by atoms with van der Waals surface area (Å²) in [5.41, 5.74) is 1.30. The molecular weight excluding hydrogens is 595 g/mol. The van der Waals surface area contributed by atoms with E-state index >= 15 is 0 Å². The smallest absolute Gasteiger partial charge is 0.488 e. The lowest BCUT2D eigenvalue weighted by atomic mass is 9.51. The van der Waals surface area contributed by atoms with E-state index in [4.69, 9.17) is 0 Å². The third-order valence-electron chi connectivity index (χ3n) is 11.0. The number of fused-ring (bicyclic) bond motifs is 5. The Labute approximate surface area is 270 Å². The average Bonchev–Trinajstić information content (AvgIpc) is 3.45. The molecule has 0 bridgehead atoms. The van der Waals surface area contributed by atoms with E-state index in [1.807, 2.05) is 49.4 Å². The molecule has 234 valence electrons. The van der Waals surface area contributed by atoms with E-state index in [1.54, 1.807) is 42.5 Å². The molecule has 1 saturated carbocycles. The molecule has 6 atom stereocenters. The van der Waals surface area contributed by atoms with Crippen molar-refractivity contribution in [2.24, 2.45) is 29.1 Å². The van der Waals surface area contributed by atoms with Gasteiger partial charge in [0.1, 0.15) is 5.75 Å². The topological polar surface area (TPSA) is 135 Å². The number of hydrogen-bond donors (Lipinski definition) is 3. The number of imide groups is 2. The summed E-state index contributed by atoms with van der Waals surface area (Å²) in [5, 5.41) is 31.6. The largest absolute Gasteiger partial charge is 0.507 e. The molecule has 2 heterocycles. The van der Waals surface area contributed by atoms with Crippen molar-refractivity contribution in [1.82, 2.24) is 0 Å². The van der Waals surface area contributed by atoms with Gasteiger partial charge in [-0.3, -0.25) is 24.1 Å². The molecule has 8 rings (SSSR count). The van der Waals surface area contributed by atoms with Gasteiger partial charge < -0.3 is 15.2 Å². The van der Waals surface area contributed by atoms with Crippen molar-refractivity contribution in [1.29, 1.82) is 0 Å². The molecule has 9 nitrogen and oxygen atoms in total. The maximum Gasteiger partial charge on any atom is 0.488 e. The van der Waals surface area contributed by atoms with Gasteiger partial charge in [-0.05, 0) is 72.4 Å². The molecule has 0 radical (unpaired) electrons. The van der Waals surface area contributed by atoms with Crippen molar-refractivity contribution in [2.45, 2.75) is 25.7 Å². The van der Waals surface area contributed by atoms with Gasteiger partial charge in [0.15, 0.2) is 0 Å². The fraction of sp³-hybridized carbons (Fsp3) is 0.243. The number of rotatable bonds is 4. The van der Waals surface area contributed by atoms with Gasteiger partial charge in [0.05, 0.1) is 34.5 Å². The Morgan fingerprint density at radius 1 is 0.745 bits per heavy atom. The lowest BCUT2D eigenvalue weighted by Gasteiger charge is -2.49. The molecule has 0 aromatic heterocycles. The summed E-state index contributed by atoms with van der Waals surface area (Å²) in [7, 11) is -1.77. The summed E-state index contributed by atoms with van der Waals surface area (Å²) in [5.74, 6) is -4.69. The van der Waals surface area contributed by atoms with Crippen LogP contribution in [0, 0.1) is 29.1 Å². The molecule has 47 heavy (non-hydrogen) atoms. The highest BCUT2D eigenvalue weighted by molar-refractivity contribution is 6.58. The zero-order valence-corrected chi connectivity index (χ0v) is 25.5. The Hall–Kier alpha value is -5.06. The SMILES string of the molecule is C[C@@]12C(=O)N(c3ccccc3)C(=O)[C@@H]1C[C@@H]1C(=CC[C@@H]3C(=O)N(c4cccc(B(O)O)c4)C(=O)[C@@H]31)[C@@H]2c1ccc(O)c2ccccc12. The molecular formula is C37H31BN2O7. The molecule has 4 amide bonds. The number of anilines is 2. The number of allylic oxidation sites excluding steroid dienone is 2. The highest BCUT2D eigenvalue weighted by Gasteiger charge is 2.67. The summed E-state index contributed by atoms with van der Waals surface area (Å²) in [6, 6.07) is 25.7. The van der Waals surface area contributed by atoms with E-state index in [2.05, 4.69) is 0 Å². The number of amides is 4. The van der Waals surface area contributed by atoms with E-state index in [-0.39, 0.29) is 47.5 Å². The first-order valence-corrected chi connectivity index (χ1v) is 15.8. The molecule has 3 N–H and O–H groups in total. The van der Waals surface area contributed by atoms with Gasteiger partial charge in [0, 0.05) is 11.3 Å². The molecule has 0 spiro atoms. The quantitative estimate of drug-likeness (QED) is 0.179. The maximum absolute atomic E-state index is 14.7. The first-order chi connectivity index (χ1) is 22.6. The van der Waals surface area contributed by atoms with Crippen LogP contribution >= 0.6 is 0 Å². The van der Waals surface area contributed by atoms with Crippen molar-refractivity contribution >= 4 is 58.4 Å². The standard InChI is InChI=1S/C37H31BN2O7/c1-37-29(34(43)40(36(37)45)21-9-3-2-4-10-21)19-28-26(32(37)25-16-17-30(41)24-13-6-5-12-23(24)25)14-15-27-31(28)35(44)39(33(27)42)22-11-7-8-20(18-22)38(46)47/h2-14,16-18,27-29,31-32,41,46-47H,15,19H2,1H3/t27-,28+,29-,31-,32-,37+/m0/s1. The Kier molecular flexibility index (Phi) is 6.55. The number of nitrogens with zero attached hydrogens (tertiary/aromatic N) is 2. The molecule has 4 aromatic rings. The summed E-state index contributed by atoms with van der Waals surface area (Å²) in [4.78, 5) is 59.7. The van der Waals surface area contributed by atoms with Crippen LogP contribution in [0.25, 0.3) is 10.8 Å². The summed E-state index contributed by atoms with van der Waals surface area (Å²) >= 11 is 0. The minimum Gasteiger partial charge on any atom is -0.507 e. The van der Waals surface area contributed by atoms with Crippen LogP contribution in [-0.2, 0) is 19.2 Å². The molecule has 2 saturated heterocycles. The van der Waals surface area contributed by atoms with Crippen molar-refractivity contribution in [2.75, 3.05) is 9.80 Å². The van der Waals surface area contributed by atoms with Crippen LogP contribution in [0.5, 0.6) is 5.75 Å². The highest BCUT2D eigenvalue weighted by Crippen LogP contribution is 2.64. The van der Waals surface area contributed by atoms with E-state index in [9.17, 15) is 34.3 Å². The average molecular weight is 626 g/mol. The summed E-state index contributed by atoms with van der Waals surface area (Å²) in [6.45, 7) is 1.84. The van der Waals surface area contributed by atoms with Crippen LogP contribution in [0.3, 0.4) is 0 Å². The van der Waals surface area contributed by atoms with Crippen LogP contribution in [0.2, 0.25) is 0 Å². The fourth-order valence-corrected chi connectivity index (χ4v) is 8.82. The number of phenols is 1. The second-order valence-electron chi connectivity index (χ2n) is 13.2. The van der Waals surface area contributed by atoms with Crippen molar-refractivity contribution in [3.8, 4) is 5.75 Å². The van der Waals surface area contributed by atoms with E-state index in [0.29, 0.717) is 11.1 Å². The lowest BCUT2D eigenvalue weighted by molar-refractivity contribution is -0.131. The van der Waals surface area contributed by atoms with Crippen molar-refractivity contribution < 1.29 is 34.3 Å². The number of benzene rings is 4. The molecule has 2 aliphatic carbocycles. The molecule has 4 aromatic carbocycles. The molecule has 4 aliphatic rings. The van der Waals surface area contributed by atoms with Crippen LogP contribution in [0.1, 0.15) is 31.2 Å². The second-order valence-corrected chi connectivity index (χ2v) is 13.2. The van der Waals surface area contributed by atoms with Crippen molar-refractivity contribution in [3.05, 3.63) is 108 Å². The predicted molar refractivity (Wildman–Crippen MR) is 175 cm³/mol. The Balaban J connectivity index is 1.30. The predicted octanol–water partition coefficient (Wildman–Crippen LogP) is 3.66. The zero-order chi connectivity index (χ0) is 32.8. The van der Waals surface area contributed by atoms with Crippen molar-refractivity contribution in [3.63, 3.8) is 0 Å². The van der Waals surface area contributed by atoms with Gasteiger partial charge in [-0.25, -0.2) is 4.90 Å². The van der Waals surface area contributed by atoms with Crippen LogP contribution in [-0.4, -0.2) is 45.9 Å². The fourth-order valence-electron chi connectivity index (χ4n) is 8.82. The number of carbonyl (C=O) groups excluding carboxylic acids is 4. The normalized spacial score (nSPS) is 28.3. The second kappa shape index (κ2) is 10.5. The van der Waals surface area contributed by atoms with Gasteiger partial charge in [-0.1, -0.05) is 72.3 Å². The number of carbonyl (C=O) groups is 4. The monoisotopic (exact) mass is 626 g/mol. The minimum atomic E-state index is -1.77. The minimum absolute atomic E-state index is 0.0956. The number of phenolic OH excluding ortho intramolecular Hbond substituents is 1. The van der Waals surface area contributed by atoms with Gasteiger partial charge in [-0.2, -0.15) is 0 Å². The van der Waals surface area contributed by atoms with Crippen LogP contribution in [0.15, 0.2) is 103 Å². The first kappa shape index (κ1) is 29.4. The highest BCUT2D eigenvalue weighted by atomic mass is 16.4. The van der Waals surface area contributed by atoms with Gasteiger partial charge in [0.2, 0.25) is 23.6 Å². The van der Waals surface area contributed by atoms with E-state index in [0.717, 1.165) is 21.4 Å². The van der Waals surface area contributed by atoms with Crippen LogP contribution in [0.4, 0.5) is 11.4 Å². The molecule has 0 unspecified atom stereocenters. The Morgan fingerprint density at radius 2 is 1.45 bits per heavy atom. The van der Waals surface area contributed by atoms with Gasteiger partial charge >= 0.3 is 7.12 Å². The van der Waals surface area contributed by atoms with Gasteiger partial charge in [0.25, 0.3) is 0 Å². The molecule has 2 aliphatic heterocycles. The number of para-hydroxylation sites is 1. The number of aromatic hydroxyl groups is 1. The zero-order valence-electron chi connectivity index (χ0n) is 25.5. The maximum atomic E-state index is 14.7. The van der Waals surface area contributed by atoms with E-state index in [1.165, 1.54) is 17.0 Å². The summed E-state index contributed by atoms with van der Waals surface area (Å²) < 4.78 is 0. The van der Waals surface area contributed by atoms with E-state index < -0.39 is 48.0 Å². The Morgan fingerprint density at radius 3 is 2.19 bits per heavy atom. The first-order valence-electron chi connectivity index (χ1n) is 15.8. The van der Waals surface area contributed by atoms with Gasteiger partial charge in [-0.15, -0.1) is 0 Å². The third kappa shape index (κ3) is 4.04.